The maximum Gasteiger partial charge on any atom is 0 e. The van der Waals surface area contributed by atoms with Gasteiger partial charge >= 0.3 is 0 Å². The second-order valence-electron chi connectivity index (χ2n) is 6.17. The summed E-state index contributed by atoms with van der Waals surface area (Å²) in [5.41, 5.74) is 11.9. The minimum absolute atomic E-state index is 0. The zero-order valence-corrected chi connectivity index (χ0v) is 16.6. The molecule has 2 aromatic rings. The van der Waals surface area contributed by atoms with Gasteiger partial charge in [-0.3, -0.25) is 6.29 Å². The second kappa shape index (κ2) is 8.63. The van der Waals surface area contributed by atoms with Crippen molar-refractivity contribution < 1.29 is 27.0 Å². The summed E-state index contributed by atoms with van der Waals surface area (Å²) in [6, 6.07) is 0. The first kappa shape index (κ1) is 21.8. The Hall–Kier alpha value is -1.15. The SMILES string of the molecule is C[c-]1[c-](C)[c-](CO)[c-](C)[c-]1C=O.Cc1c(C)c(C)[c-](C)c1C.[Fe]. The van der Waals surface area contributed by atoms with E-state index in [2.05, 4.69) is 34.6 Å². The van der Waals surface area contributed by atoms with E-state index in [1.54, 1.807) is 0 Å². The van der Waals surface area contributed by atoms with E-state index >= 15 is 0 Å². The van der Waals surface area contributed by atoms with Crippen LogP contribution in [0.5, 0.6) is 0 Å². The van der Waals surface area contributed by atoms with Crippen molar-refractivity contribution in [3.8, 4) is 0 Å². The molecule has 134 valence electrons. The first-order valence-corrected chi connectivity index (χ1v) is 7.69. The minimum atomic E-state index is 0. The van der Waals surface area contributed by atoms with Crippen molar-refractivity contribution in [1.82, 2.24) is 0 Å². The molecule has 0 unspecified atom stereocenters. The number of carbonyl (C=O) groups excluding carboxylic acids is 1. The number of carbonyl (C=O) groups is 1. The number of rotatable bonds is 2. The van der Waals surface area contributed by atoms with Crippen LogP contribution in [0.4, 0.5) is 0 Å². The molecule has 23 heavy (non-hydrogen) atoms. The van der Waals surface area contributed by atoms with Crippen LogP contribution in [0.1, 0.15) is 60.4 Å². The molecule has 0 fully saturated rings. The fourth-order valence-electron chi connectivity index (χ4n) is 2.97. The van der Waals surface area contributed by atoms with E-state index in [0.717, 1.165) is 34.1 Å². The Labute approximate surface area is 151 Å². The van der Waals surface area contributed by atoms with Crippen molar-refractivity contribution in [1.29, 1.82) is 0 Å². The van der Waals surface area contributed by atoms with E-state index < -0.39 is 0 Å². The van der Waals surface area contributed by atoms with Gasteiger partial charge < -0.3 is 37.7 Å². The van der Waals surface area contributed by atoms with Crippen molar-refractivity contribution in [3.05, 3.63) is 55.6 Å². The summed E-state index contributed by atoms with van der Waals surface area (Å²) in [5, 5.41) is 9.02. The quantitative estimate of drug-likeness (QED) is 0.486. The van der Waals surface area contributed by atoms with Crippen molar-refractivity contribution in [2.45, 2.75) is 62.0 Å². The van der Waals surface area contributed by atoms with Crippen molar-refractivity contribution in [2.24, 2.45) is 0 Å². The Balaban J connectivity index is 0.000000409. The van der Waals surface area contributed by atoms with E-state index in [0.29, 0.717) is 0 Å². The van der Waals surface area contributed by atoms with Gasteiger partial charge in [-0.1, -0.05) is 41.2 Å². The average molecular weight is 356 g/mol. The van der Waals surface area contributed by atoms with Crippen LogP contribution >= 0.6 is 0 Å². The van der Waals surface area contributed by atoms with Gasteiger partial charge in [-0.2, -0.15) is 34.7 Å². The van der Waals surface area contributed by atoms with Crippen LogP contribution in [-0.4, -0.2) is 11.4 Å². The van der Waals surface area contributed by atoms with Crippen LogP contribution in [0.15, 0.2) is 0 Å². The number of aliphatic hydroxyl groups excluding tert-OH is 1. The third-order valence-electron chi connectivity index (χ3n) is 5.36. The number of aliphatic hydroxyl groups is 1. The molecular formula is C20H28FeO2-6. The molecule has 0 atom stereocenters. The van der Waals surface area contributed by atoms with Gasteiger partial charge in [0.1, 0.15) is 0 Å². The van der Waals surface area contributed by atoms with Gasteiger partial charge in [-0.05, 0) is 0 Å². The molecule has 0 radical (unpaired) electrons. The van der Waals surface area contributed by atoms with Gasteiger partial charge in [-0.25, -0.2) is 13.8 Å². The van der Waals surface area contributed by atoms with E-state index in [4.69, 9.17) is 5.11 Å². The third kappa shape index (κ3) is 4.03. The van der Waals surface area contributed by atoms with Gasteiger partial charge in [0.05, 0.1) is 0 Å². The summed E-state index contributed by atoms with van der Waals surface area (Å²) in [4.78, 5) is 10.6. The summed E-state index contributed by atoms with van der Waals surface area (Å²) in [5.74, 6) is 0. The summed E-state index contributed by atoms with van der Waals surface area (Å²) in [6.07, 6.45) is 0.858. The van der Waals surface area contributed by atoms with E-state index in [-0.39, 0.29) is 23.7 Å². The Morgan fingerprint density at radius 2 is 1.30 bits per heavy atom. The van der Waals surface area contributed by atoms with E-state index in [9.17, 15) is 4.79 Å². The maximum atomic E-state index is 10.6. The predicted molar refractivity (Wildman–Crippen MR) is 93.3 cm³/mol. The molecule has 0 saturated heterocycles. The molecule has 0 aliphatic carbocycles. The fourth-order valence-corrected chi connectivity index (χ4v) is 2.97. The van der Waals surface area contributed by atoms with Crippen LogP contribution < -0.4 is 0 Å². The molecule has 0 aliphatic heterocycles. The monoisotopic (exact) mass is 356 g/mol. The minimum Gasteiger partial charge on any atom is -0.757 e. The Bertz CT molecular complexity index is 607. The van der Waals surface area contributed by atoms with Crippen molar-refractivity contribution >= 4 is 6.29 Å². The van der Waals surface area contributed by atoms with Gasteiger partial charge in [0.25, 0.3) is 0 Å². The number of hydrogen-bond acceptors (Lipinski definition) is 2. The predicted octanol–water partition coefficient (Wildman–Crippen LogP) is 4.58. The van der Waals surface area contributed by atoms with Crippen molar-refractivity contribution in [2.75, 3.05) is 0 Å². The second-order valence-corrected chi connectivity index (χ2v) is 6.17. The van der Waals surface area contributed by atoms with Crippen LogP contribution in [0.2, 0.25) is 0 Å². The summed E-state index contributed by atoms with van der Waals surface area (Å²) in [6.45, 7) is 16.7. The molecule has 3 heteroatoms. The third-order valence-corrected chi connectivity index (χ3v) is 5.36. The summed E-state index contributed by atoms with van der Waals surface area (Å²) >= 11 is 0. The molecular weight excluding hydrogens is 328 g/mol. The molecule has 0 saturated carbocycles. The molecule has 0 amide bonds. The normalized spacial score (nSPS) is 9.96. The zero-order valence-electron chi connectivity index (χ0n) is 15.5. The summed E-state index contributed by atoms with van der Waals surface area (Å²) < 4.78 is 0. The van der Waals surface area contributed by atoms with Crippen LogP contribution in [-0.2, 0) is 23.7 Å². The summed E-state index contributed by atoms with van der Waals surface area (Å²) in [7, 11) is 0. The molecule has 1 N–H and O–H groups in total. The van der Waals surface area contributed by atoms with Gasteiger partial charge in [-0.15, -0.1) is 0 Å². The fraction of sp³-hybridized carbons (Fsp3) is 0.450. The van der Waals surface area contributed by atoms with Crippen molar-refractivity contribution in [3.63, 3.8) is 0 Å². The molecule has 2 aromatic carbocycles. The molecule has 0 aromatic heterocycles. The van der Waals surface area contributed by atoms with E-state index in [1.165, 1.54) is 27.8 Å². The maximum absolute atomic E-state index is 10.6. The van der Waals surface area contributed by atoms with Crippen LogP contribution in [0.3, 0.4) is 0 Å². The van der Waals surface area contributed by atoms with Gasteiger partial charge in [0.2, 0.25) is 0 Å². The molecule has 0 heterocycles. The number of hydrogen-bond donors (Lipinski definition) is 1. The average Bonchev–Trinajstić information content (AvgIpc) is 2.81. The Morgan fingerprint density at radius 1 is 0.870 bits per heavy atom. The van der Waals surface area contributed by atoms with Crippen LogP contribution in [0.25, 0.3) is 0 Å². The standard InChI is InChI=1S/C10H13O2.C10H15.Fe/c1-6-7(2)10(5-12)8(3)9(6)4-11;1-6-7(2)9(4)10(5)8(6)3;/h4,12H,5H2,1-3H3;1-5H3;/q-5;-1;. The Morgan fingerprint density at radius 3 is 1.48 bits per heavy atom. The van der Waals surface area contributed by atoms with Crippen LogP contribution in [0, 0.1) is 55.4 Å². The smallest absolute Gasteiger partial charge is 0 e. The molecule has 0 aliphatic rings. The number of aldehydes is 1. The molecule has 2 rings (SSSR count). The largest absolute Gasteiger partial charge is 0.757 e. The first-order chi connectivity index (χ1) is 10.2. The van der Waals surface area contributed by atoms with E-state index in [1.807, 2.05) is 20.8 Å². The molecule has 0 bridgehead atoms. The molecule has 0 spiro atoms. The zero-order chi connectivity index (χ0) is 17.2. The topological polar surface area (TPSA) is 37.3 Å². The van der Waals surface area contributed by atoms with Gasteiger partial charge in [0, 0.05) is 17.1 Å². The first-order valence-electron chi connectivity index (χ1n) is 7.69. The van der Waals surface area contributed by atoms with Gasteiger partial charge in [0.15, 0.2) is 0 Å². The molecule has 2 nitrogen and oxygen atoms in total. The Kier molecular flexibility index (Phi) is 8.20.